The van der Waals surface area contributed by atoms with Crippen LogP contribution >= 0.6 is 0 Å². The van der Waals surface area contributed by atoms with Gasteiger partial charge in [0.05, 0.1) is 5.69 Å². The van der Waals surface area contributed by atoms with Crippen LogP contribution in [0.25, 0.3) is 33.3 Å². The molecule has 7 nitrogen and oxygen atoms in total. The minimum atomic E-state index is -4.60. The molecule has 192 valence electrons. The van der Waals surface area contributed by atoms with Crippen molar-refractivity contribution in [2.75, 3.05) is 11.9 Å². The van der Waals surface area contributed by atoms with Gasteiger partial charge in [-0.1, -0.05) is 12.1 Å². The smallest absolute Gasteiger partial charge is 0.360 e. The first kappa shape index (κ1) is 23.7. The molecule has 37 heavy (non-hydrogen) atoms. The fourth-order valence-electron chi connectivity index (χ4n) is 5.57. The third kappa shape index (κ3) is 4.73. The molecule has 5 heterocycles. The van der Waals surface area contributed by atoms with Crippen LogP contribution in [0.3, 0.4) is 0 Å². The maximum Gasteiger partial charge on any atom is 0.419 e. The van der Waals surface area contributed by atoms with Gasteiger partial charge in [0.1, 0.15) is 5.56 Å². The van der Waals surface area contributed by atoms with Gasteiger partial charge in [-0.25, -0.2) is 9.97 Å². The molecule has 0 spiro atoms. The van der Waals surface area contributed by atoms with Crippen LogP contribution in [0.5, 0.6) is 0 Å². The number of nitrogens with one attached hydrogen (secondary N) is 4. The normalized spacial score (nSPS) is 20.3. The number of hydrogen-bond donors (Lipinski definition) is 4. The fourth-order valence-corrected chi connectivity index (χ4v) is 5.57. The van der Waals surface area contributed by atoms with E-state index >= 15 is 0 Å². The van der Waals surface area contributed by atoms with E-state index in [0.29, 0.717) is 22.5 Å². The second-order valence-electron chi connectivity index (χ2n) is 9.92. The predicted molar refractivity (Wildman–Crippen MR) is 136 cm³/mol. The average Bonchev–Trinajstić information content (AvgIpc) is 3.49. The first-order valence-electron chi connectivity index (χ1n) is 12.6. The molecule has 0 unspecified atom stereocenters. The maximum absolute atomic E-state index is 14.0. The lowest BCUT2D eigenvalue weighted by atomic mass is 9.96. The number of halogens is 3. The van der Waals surface area contributed by atoms with Crippen molar-refractivity contribution < 1.29 is 13.2 Å². The van der Waals surface area contributed by atoms with Gasteiger partial charge in [-0.05, 0) is 62.3 Å². The molecule has 1 aromatic carbocycles. The zero-order valence-electron chi connectivity index (χ0n) is 20.1. The summed E-state index contributed by atoms with van der Waals surface area (Å²) in [6.45, 7) is 0.869. The SMILES string of the molecule is O=c1cc2c(c[nH]1)-c1ccc3c(c[nH]c3c1)-c1nc(ncc1C(F)(F)F)N[C@H]1CC[C@@H](C1)NCCCC2. The van der Waals surface area contributed by atoms with Gasteiger partial charge in [-0.2, -0.15) is 13.2 Å². The molecule has 2 aliphatic heterocycles. The molecule has 8 bridgehead atoms. The van der Waals surface area contributed by atoms with Crippen LogP contribution in [0.2, 0.25) is 0 Å². The number of rotatable bonds is 0. The molecule has 0 radical (unpaired) electrons. The van der Waals surface area contributed by atoms with E-state index in [9.17, 15) is 18.0 Å². The van der Waals surface area contributed by atoms with Crippen molar-refractivity contribution in [3.8, 4) is 22.4 Å². The number of pyridine rings is 1. The van der Waals surface area contributed by atoms with Gasteiger partial charge in [-0.3, -0.25) is 4.79 Å². The Morgan fingerprint density at radius 1 is 0.973 bits per heavy atom. The highest BCUT2D eigenvalue weighted by Gasteiger charge is 2.36. The first-order chi connectivity index (χ1) is 17.8. The average molecular weight is 509 g/mol. The Bertz CT molecular complexity index is 1510. The number of aromatic nitrogens is 4. The quantitative estimate of drug-likeness (QED) is 0.260. The lowest BCUT2D eigenvalue weighted by Crippen LogP contribution is -2.29. The van der Waals surface area contributed by atoms with Crippen LogP contribution in [-0.2, 0) is 12.6 Å². The van der Waals surface area contributed by atoms with Crippen molar-refractivity contribution in [1.29, 1.82) is 0 Å². The molecule has 1 fully saturated rings. The largest absolute Gasteiger partial charge is 0.419 e. The molecule has 1 saturated carbocycles. The fraction of sp³-hybridized carbons (Fsp3) is 0.370. The predicted octanol–water partition coefficient (Wildman–Crippen LogP) is 5.26. The van der Waals surface area contributed by atoms with Gasteiger partial charge in [-0.15, -0.1) is 0 Å². The molecule has 0 saturated heterocycles. The van der Waals surface area contributed by atoms with E-state index < -0.39 is 11.7 Å². The van der Waals surface area contributed by atoms with Gasteiger partial charge in [0, 0.05) is 58.8 Å². The Labute approximate surface area is 210 Å². The molecule has 7 rings (SSSR count). The highest BCUT2D eigenvalue weighted by Crippen LogP contribution is 2.39. The van der Waals surface area contributed by atoms with Crippen molar-refractivity contribution in [3.63, 3.8) is 0 Å². The van der Waals surface area contributed by atoms with Gasteiger partial charge in [0.15, 0.2) is 0 Å². The van der Waals surface area contributed by atoms with Crippen molar-refractivity contribution in [2.24, 2.45) is 0 Å². The molecule has 0 amide bonds. The number of nitrogens with zero attached hydrogens (tertiary/aromatic N) is 2. The van der Waals surface area contributed by atoms with Gasteiger partial charge in [0.2, 0.25) is 11.5 Å². The number of anilines is 1. The number of aromatic amines is 2. The van der Waals surface area contributed by atoms with Crippen molar-refractivity contribution in [2.45, 2.75) is 56.8 Å². The summed E-state index contributed by atoms with van der Waals surface area (Å²) in [6.07, 6.45) is 4.96. The van der Waals surface area contributed by atoms with Crippen LogP contribution in [-0.4, -0.2) is 38.6 Å². The third-order valence-corrected chi connectivity index (χ3v) is 7.42. The second kappa shape index (κ2) is 9.33. The number of hydrogen-bond acceptors (Lipinski definition) is 5. The standard InChI is InChI=1S/C27H27F3N6O/c28-27(29,30)22-14-34-26-35-18-6-5-17(11-18)31-8-2-1-3-15-10-24(37)33-12-20(15)16-4-7-19-21(25(22)36-26)13-32-23(19)9-16/h4,7,9-10,12-14,17-18,31-32H,1-3,5-6,8,11H2,(H,33,37)(H,34,35,36)/t17-,18-/m0/s1. The Kier molecular flexibility index (Phi) is 5.98. The summed E-state index contributed by atoms with van der Waals surface area (Å²) < 4.78 is 41.9. The molecular formula is C27H27F3N6O. The molecular weight excluding hydrogens is 481 g/mol. The monoisotopic (exact) mass is 508 g/mol. The van der Waals surface area contributed by atoms with Crippen molar-refractivity contribution >= 4 is 16.9 Å². The number of alkyl halides is 3. The summed E-state index contributed by atoms with van der Waals surface area (Å²) in [5.74, 6) is 0.204. The summed E-state index contributed by atoms with van der Waals surface area (Å²) >= 11 is 0. The topological polar surface area (TPSA) is 98.5 Å². The number of H-pyrrole nitrogens is 2. The van der Waals surface area contributed by atoms with E-state index in [0.717, 1.165) is 68.0 Å². The molecule has 1 aliphatic carbocycles. The van der Waals surface area contributed by atoms with Crippen LogP contribution in [0.4, 0.5) is 19.1 Å². The molecule has 10 heteroatoms. The highest BCUT2D eigenvalue weighted by molar-refractivity contribution is 5.97. The third-order valence-electron chi connectivity index (χ3n) is 7.42. The van der Waals surface area contributed by atoms with Crippen LogP contribution in [0.15, 0.2) is 47.7 Å². The summed E-state index contributed by atoms with van der Waals surface area (Å²) in [7, 11) is 0. The van der Waals surface area contributed by atoms with E-state index in [1.165, 1.54) is 0 Å². The molecule has 4 aromatic rings. The van der Waals surface area contributed by atoms with E-state index in [-0.39, 0.29) is 23.2 Å². The zero-order valence-corrected chi connectivity index (χ0v) is 20.1. The molecule has 4 N–H and O–H groups in total. The minimum absolute atomic E-state index is 0.0910. The summed E-state index contributed by atoms with van der Waals surface area (Å²) in [5, 5.41) is 7.50. The summed E-state index contributed by atoms with van der Waals surface area (Å²) in [6, 6.07) is 7.65. The Morgan fingerprint density at radius 3 is 2.68 bits per heavy atom. The maximum atomic E-state index is 14.0. The van der Waals surface area contributed by atoms with Crippen LogP contribution in [0, 0.1) is 0 Å². The number of aryl methyl sites for hydroxylation is 1. The molecule has 3 aromatic heterocycles. The Balaban J connectivity index is 1.49. The van der Waals surface area contributed by atoms with E-state index in [4.69, 9.17) is 0 Å². The van der Waals surface area contributed by atoms with E-state index in [1.54, 1.807) is 24.5 Å². The van der Waals surface area contributed by atoms with Crippen molar-refractivity contribution in [1.82, 2.24) is 25.3 Å². The Hall–Kier alpha value is -3.66. The summed E-state index contributed by atoms with van der Waals surface area (Å²) in [4.78, 5) is 26.4. The van der Waals surface area contributed by atoms with Crippen LogP contribution < -0.4 is 16.2 Å². The van der Waals surface area contributed by atoms with E-state index in [2.05, 4.69) is 30.6 Å². The highest BCUT2D eigenvalue weighted by atomic mass is 19.4. The van der Waals surface area contributed by atoms with Gasteiger partial charge < -0.3 is 20.6 Å². The van der Waals surface area contributed by atoms with Gasteiger partial charge in [0.25, 0.3) is 0 Å². The Morgan fingerprint density at radius 2 is 1.81 bits per heavy atom. The lowest BCUT2D eigenvalue weighted by Gasteiger charge is -2.17. The first-order valence-corrected chi connectivity index (χ1v) is 12.6. The number of fused-ring (bicyclic) bond motifs is 5. The lowest BCUT2D eigenvalue weighted by molar-refractivity contribution is -0.137. The zero-order chi connectivity index (χ0) is 25.6. The van der Waals surface area contributed by atoms with E-state index in [1.807, 2.05) is 12.1 Å². The number of benzene rings is 1. The van der Waals surface area contributed by atoms with Crippen molar-refractivity contribution in [3.05, 3.63) is 64.3 Å². The van der Waals surface area contributed by atoms with Crippen LogP contribution in [0.1, 0.15) is 43.2 Å². The van der Waals surface area contributed by atoms with Gasteiger partial charge >= 0.3 is 6.18 Å². The summed E-state index contributed by atoms with van der Waals surface area (Å²) in [5.41, 5.74) is 2.62. The molecule has 2 atom stereocenters. The second-order valence-corrected chi connectivity index (χ2v) is 9.92. The molecule has 3 aliphatic rings. The minimum Gasteiger partial charge on any atom is -0.360 e.